The lowest BCUT2D eigenvalue weighted by atomic mass is 10.6. The van der Waals surface area contributed by atoms with Crippen molar-refractivity contribution in [2.45, 2.75) is 0 Å². The summed E-state index contributed by atoms with van der Waals surface area (Å²) in [5, 5.41) is 2.97. The van der Waals surface area contributed by atoms with Crippen LogP contribution in [0.5, 0.6) is 0 Å². The van der Waals surface area contributed by atoms with E-state index < -0.39 is 0 Å². The second kappa shape index (κ2) is 5.88. The van der Waals surface area contributed by atoms with E-state index in [0.29, 0.717) is 13.1 Å². The van der Waals surface area contributed by atoms with E-state index in [2.05, 4.69) is 5.32 Å². The zero-order valence-corrected chi connectivity index (χ0v) is 4.41. The van der Waals surface area contributed by atoms with Gasteiger partial charge in [-0.3, -0.25) is 5.73 Å². The SMILES string of the molecule is [NH]CCNCCN. The minimum absolute atomic E-state index is 0.444. The molecule has 0 saturated heterocycles. The Bertz CT molecular complexity index is 26.1. The van der Waals surface area contributed by atoms with Crippen LogP contribution < -0.4 is 16.8 Å². The summed E-state index contributed by atoms with van der Waals surface area (Å²) in [4.78, 5) is 0. The van der Waals surface area contributed by atoms with Gasteiger partial charge in [-0.1, -0.05) is 0 Å². The second-order valence-electron chi connectivity index (χ2n) is 1.29. The van der Waals surface area contributed by atoms with Crippen molar-refractivity contribution >= 4 is 0 Å². The number of rotatable bonds is 4. The van der Waals surface area contributed by atoms with Gasteiger partial charge in [0, 0.05) is 26.2 Å². The molecule has 0 aliphatic carbocycles. The van der Waals surface area contributed by atoms with Gasteiger partial charge in [-0.15, -0.1) is 0 Å². The lowest BCUT2D eigenvalue weighted by molar-refractivity contribution is 0.690. The lowest BCUT2D eigenvalue weighted by Gasteiger charge is -1.95. The van der Waals surface area contributed by atoms with Crippen molar-refractivity contribution in [2.24, 2.45) is 5.73 Å². The molecule has 0 amide bonds. The second-order valence-corrected chi connectivity index (χ2v) is 1.29. The molecule has 3 heteroatoms. The van der Waals surface area contributed by atoms with Crippen molar-refractivity contribution in [1.82, 2.24) is 11.1 Å². The van der Waals surface area contributed by atoms with Crippen LogP contribution >= 0.6 is 0 Å². The quantitative estimate of drug-likeness (QED) is 0.439. The number of nitrogens with two attached hydrogens (primary N) is 1. The maximum absolute atomic E-state index is 6.68. The smallest absolute Gasteiger partial charge is 0.0225 e. The Kier molecular flexibility index (Phi) is 5.78. The molecular weight excluding hydrogens is 90.1 g/mol. The number of hydrogen-bond donors (Lipinski definition) is 2. The van der Waals surface area contributed by atoms with E-state index in [-0.39, 0.29) is 0 Å². The van der Waals surface area contributed by atoms with Gasteiger partial charge < -0.3 is 11.1 Å². The van der Waals surface area contributed by atoms with Crippen LogP contribution in [0.3, 0.4) is 0 Å². The maximum atomic E-state index is 6.68. The monoisotopic (exact) mass is 102 g/mol. The van der Waals surface area contributed by atoms with Crippen LogP contribution in [0.25, 0.3) is 0 Å². The predicted octanol–water partition coefficient (Wildman–Crippen LogP) is -1.18. The van der Waals surface area contributed by atoms with Gasteiger partial charge in [0.1, 0.15) is 0 Å². The first-order valence-electron chi connectivity index (χ1n) is 2.47. The van der Waals surface area contributed by atoms with Crippen LogP contribution in [0.15, 0.2) is 0 Å². The third-order valence-corrected chi connectivity index (χ3v) is 0.623. The molecule has 0 aliphatic heterocycles. The summed E-state index contributed by atoms with van der Waals surface area (Å²) >= 11 is 0. The zero-order valence-electron chi connectivity index (χ0n) is 4.41. The highest BCUT2D eigenvalue weighted by molar-refractivity contribution is 4.44. The van der Waals surface area contributed by atoms with Crippen LogP contribution in [-0.2, 0) is 0 Å². The molecule has 7 heavy (non-hydrogen) atoms. The summed E-state index contributed by atoms with van der Waals surface area (Å²) in [7, 11) is 0. The van der Waals surface area contributed by atoms with E-state index in [0.717, 1.165) is 13.1 Å². The average Bonchev–Trinajstić information content (AvgIpc) is 1.69. The van der Waals surface area contributed by atoms with E-state index >= 15 is 0 Å². The molecule has 1 radical (unpaired) electrons. The van der Waals surface area contributed by atoms with Crippen molar-refractivity contribution in [3.8, 4) is 0 Å². The average molecular weight is 102 g/mol. The molecule has 0 rings (SSSR count). The van der Waals surface area contributed by atoms with Gasteiger partial charge in [0.05, 0.1) is 0 Å². The molecule has 0 heterocycles. The molecule has 4 N–H and O–H groups in total. The number of hydrogen-bond acceptors (Lipinski definition) is 2. The highest BCUT2D eigenvalue weighted by atomic mass is 14.9. The van der Waals surface area contributed by atoms with Crippen LogP contribution in [0.4, 0.5) is 0 Å². The van der Waals surface area contributed by atoms with E-state index in [1.54, 1.807) is 0 Å². The van der Waals surface area contributed by atoms with E-state index in [1.807, 2.05) is 0 Å². The molecule has 0 fully saturated rings. The molecule has 3 nitrogen and oxygen atoms in total. The Morgan fingerprint density at radius 2 is 2.14 bits per heavy atom. The molecule has 0 aromatic carbocycles. The Balaban J connectivity index is 2.45. The van der Waals surface area contributed by atoms with Crippen molar-refractivity contribution in [3.63, 3.8) is 0 Å². The fraction of sp³-hybridized carbons (Fsp3) is 1.00. The van der Waals surface area contributed by atoms with Gasteiger partial charge in [-0.2, -0.15) is 0 Å². The summed E-state index contributed by atoms with van der Waals surface area (Å²) in [6.07, 6.45) is 0. The molecular formula is C4H12N3. The molecule has 43 valence electrons. The number of nitrogens with one attached hydrogen (secondary N) is 2. The van der Waals surface area contributed by atoms with Gasteiger partial charge >= 0.3 is 0 Å². The minimum Gasteiger partial charge on any atom is -0.329 e. The molecule has 0 spiro atoms. The Hall–Kier alpha value is -0.120. The fourth-order valence-electron chi connectivity index (χ4n) is 0.315. The predicted molar refractivity (Wildman–Crippen MR) is 29.9 cm³/mol. The maximum Gasteiger partial charge on any atom is 0.0225 e. The standard InChI is InChI=1S/C4H12N3/c5-1-3-7-4-2-6/h5,7H,1-4,6H2. The van der Waals surface area contributed by atoms with Crippen molar-refractivity contribution < 1.29 is 0 Å². The Morgan fingerprint density at radius 1 is 1.43 bits per heavy atom. The Morgan fingerprint density at radius 3 is 2.57 bits per heavy atom. The molecule has 0 aromatic heterocycles. The van der Waals surface area contributed by atoms with Gasteiger partial charge in [-0.25, -0.2) is 0 Å². The molecule has 0 unspecified atom stereocenters. The summed E-state index contributed by atoms with van der Waals surface area (Å²) in [5.41, 5.74) is 11.8. The fourth-order valence-corrected chi connectivity index (χ4v) is 0.315. The zero-order chi connectivity index (χ0) is 5.54. The van der Waals surface area contributed by atoms with Crippen LogP contribution in [0.1, 0.15) is 0 Å². The van der Waals surface area contributed by atoms with Crippen LogP contribution in [-0.4, -0.2) is 26.2 Å². The third-order valence-electron chi connectivity index (χ3n) is 0.623. The molecule has 0 aromatic rings. The molecule has 0 bridgehead atoms. The third kappa shape index (κ3) is 5.88. The summed E-state index contributed by atoms with van der Waals surface area (Å²) in [6, 6.07) is 0. The molecule has 0 saturated carbocycles. The van der Waals surface area contributed by atoms with Gasteiger partial charge in [0.2, 0.25) is 0 Å². The van der Waals surface area contributed by atoms with Crippen molar-refractivity contribution in [1.29, 1.82) is 0 Å². The van der Waals surface area contributed by atoms with Crippen molar-refractivity contribution in [3.05, 3.63) is 0 Å². The summed E-state index contributed by atoms with van der Waals surface area (Å²) < 4.78 is 0. The van der Waals surface area contributed by atoms with Gasteiger partial charge in [-0.05, 0) is 0 Å². The first-order chi connectivity index (χ1) is 3.41. The Labute approximate surface area is 44.1 Å². The van der Waals surface area contributed by atoms with Crippen LogP contribution in [0.2, 0.25) is 0 Å². The van der Waals surface area contributed by atoms with E-state index in [9.17, 15) is 0 Å². The van der Waals surface area contributed by atoms with E-state index in [4.69, 9.17) is 11.5 Å². The van der Waals surface area contributed by atoms with Gasteiger partial charge in [0.25, 0.3) is 0 Å². The normalized spacial score (nSPS) is 9.43. The minimum atomic E-state index is 0.444. The largest absolute Gasteiger partial charge is 0.329 e. The molecule has 0 atom stereocenters. The molecule has 0 aliphatic rings. The van der Waals surface area contributed by atoms with Gasteiger partial charge in [0.15, 0.2) is 0 Å². The van der Waals surface area contributed by atoms with Crippen molar-refractivity contribution in [2.75, 3.05) is 26.2 Å². The highest BCUT2D eigenvalue weighted by Gasteiger charge is 1.77. The lowest BCUT2D eigenvalue weighted by Crippen LogP contribution is -2.25. The topological polar surface area (TPSA) is 61.8 Å². The van der Waals surface area contributed by atoms with E-state index in [1.165, 1.54) is 0 Å². The van der Waals surface area contributed by atoms with Crippen LogP contribution in [0, 0.1) is 0 Å². The first-order valence-corrected chi connectivity index (χ1v) is 2.47. The first kappa shape index (κ1) is 6.88. The highest BCUT2D eigenvalue weighted by Crippen LogP contribution is 1.50. The summed E-state index contributed by atoms with van der Waals surface area (Å²) in [5.74, 6) is 0. The summed E-state index contributed by atoms with van der Waals surface area (Å²) in [6.45, 7) is 2.70.